The zero-order valence-electron chi connectivity index (χ0n) is 9.28. The van der Waals surface area contributed by atoms with Crippen molar-refractivity contribution in [3.05, 3.63) is 0 Å². The first-order valence-corrected chi connectivity index (χ1v) is 5.82. The van der Waals surface area contributed by atoms with Crippen LogP contribution in [0.3, 0.4) is 0 Å². The number of hydrogen-bond acceptors (Lipinski definition) is 4. The second-order valence-corrected chi connectivity index (χ2v) is 4.18. The van der Waals surface area contributed by atoms with E-state index in [1.807, 2.05) is 6.92 Å². The third kappa shape index (κ3) is 2.49. The van der Waals surface area contributed by atoms with Gasteiger partial charge in [-0.3, -0.25) is 9.69 Å². The van der Waals surface area contributed by atoms with Crippen molar-refractivity contribution in [2.75, 3.05) is 26.3 Å². The summed E-state index contributed by atoms with van der Waals surface area (Å²) in [5.41, 5.74) is 0. The molecule has 4 nitrogen and oxygen atoms in total. The quantitative estimate of drug-likeness (QED) is 0.650. The highest BCUT2D eigenvalue weighted by Crippen LogP contribution is 2.29. The zero-order valence-corrected chi connectivity index (χ0v) is 9.28. The molecule has 0 spiro atoms. The summed E-state index contributed by atoms with van der Waals surface area (Å²) in [5, 5.41) is 0. The first kappa shape index (κ1) is 10.9. The van der Waals surface area contributed by atoms with Gasteiger partial charge in [0.1, 0.15) is 0 Å². The molecule has 2 rings (SSSR count). The van der Waals surface area contributed by atoms with Crippen LogP contribution in [0.5, 0.6) is 0 Å². The lowest BCUT2D eigenvalue weighted by Crippen LogP contribution is -2.50. The lowest BCUT2D eigenvalue weighted by atomic mass is 10.1. The maximum atomic E-state index is 11.4. The van der Waals surface area contributed by atoms with Crippen LogP contribution in [0.15, 0.2) is 0 Å². The van der Waals surface area contributed by atoms with Gasteiger partial charge < -0.3 is 9.47 Å². The summed E-state index contributed by atoms with van der Waals surface area (Å²) in [6.07, 6.45) is 3.87. The number of esters is 1. The van der Waals surface area contributed by atoms with Crippen molar-refractivity contribution in [3.8, 4) is 0 Å². The monoisotopic (exact) mass is 213 g/mol. The summed E-state index contributed by atoms with van der Waals surface area (Å²) in [5.74, 6) is -0.106. The molecule has 2 unspecified atom stereocenters. The van der Waals surface area contributed by atoms with Crippen LogP contribution in [-0.4, -0.2) is 49.3 Å². The molecule has 0 bridgehead atoms. The van der Waals surface area contributed by atoms with Gasteiger partial charge in [0.15, 0.2) is 0 Å². The molecule has 1 aliphatic carbocycles. The molecule has 1 aliphatic heterocycles. The van der Waals surface area contributed by atoms with E-state index in [4.69, 9.17) is 9.47 Å². The molecule has 1 saturated heterocycles. The Bertz CT molecular complexity index is 232. The normalized spacial score (nSPS) is 31.3. The summed E-state index contributed by atoms with van der Waals surface area (Å²) in [6.45, 7) is 4.35. The molecule has 0 aromatic heterocycles. The minimum atomic E-state index is -0.106. The average molecular weight is 213 g/mol. The van der Waals surface area contributed by atoms with Crippen LogP contribution >= 0.6 is 0 Å². The van der Waals surface area contributed by atoms with E-state index in [1.165, 1.54) is 6.42 Å². The van der Waals surface area contributed by atoms with Gasteiger partial charge in [-0.1, -0.05) is 0 Å². The SMILES string of the molecule is CCOC(=O)CN1CCOC2CCCC21. The molecule has 0 aromatic rings. The van der Waals surface area contributed by atoms with Crippen LogP contribution in [0.2, 0.25) is 0 Å². The molecule has 4 heteroatoms. The number of fused-ring (bicyclic) bond motifs is 1. The lowest BCUT2D eigenvalue weighted by Gasteiger charge is -2.36. The van der Waals surface area contributed by atoms with E-state index in [2.05, 4.69) is 4.90 Å². The van der Waals surface area contributed by atoms with Gasteiger partial charge in [-0.15, -0.1) is 0 Å². The molecule has 2 fully saturated rings. The number of hydrogen-bond donors (Lipinski definition) is 0. The third-order valence-electron chi connectivity index (χ3n) is 3.23. The van der Waals surface area contributed by atoms with Crippen molar-refractivity contribution >= 4 is 5.97 Å². The van der Waals surface area contributed by atoms with E-state index >= 15 is 0 Å². The van der Waals surface area contributed by atoms with E-state index in [1.54, 1.807) is 0 Å². The number of morpholine rings is 1. The summed E-state index contributed by atoms with van der Waals surface area (Å²) in [4.78, 5) is 13.6. The van der Waals surface area contributed by atoms with Gasteiger partial charge in [0.25, 0.3) is 0 Å². The van der Waals surface area contributed by atoms with Crippen LogP contribution in [0, 0.1) is 0 Å². The Labute approximate surface area is 90.5 Å². The Morgan fingerprint density at radius 1 is 1.53 bits per heavy atom. The number of ether oxygens (including phenoxy) is 2. The summed E-state index contributed by atoms with van der Waals surface area (Å²) in [6, 6.07) is 0.447. The summed E-state index contributed by atoms with van der Waals surface area (Å²) < 4.78 is 10.7. The standard InChI is InChI=1S/C11H19NO3/c1-2-14-11(13)8-12-6-7-15-10-5-3-4-9(10)12/h9-10H,2-8H2,1H3. The molecule has 1 saturated carbocycles. The van der Waals surface area contributed by atoms with Gasteiger partial charge in [0.05, 0.1) is 25.9 Å². The molecular formula is C11H19NO3. The van der Waals surface area contributed by atoms with Crippen LogP contribution in [0.4, 0.5) is 0 Å². The van der Waals surface area contributed by atoms with E-state index < -0.39 is 0 Å². The molecule has 0 amide bonds. The molecular weight excluding hydrogens is 194 g/mol. The highest BCUT2D eigenvalue weighted by Gasteiger charge is 2.36. The van der Waals surface area contributed by atoms with Crippen LogP contribution < -0.4 is 0 Å². The van der Waals surface area contributed by atoms with Gasteiger partial charge in [-0.25, -0.2) is 0 Å². The Hall–Kier alpha value is -0.610. The molecule has 15 heavy (non-hydrogen) atoms. The second-order valence-electron chi connectivity index (χ2n) is 4.18. The topological polar surface area (TPSA) is 38.8 Å². The van der Waals surface area contributed by atoms with E-state index in [0.29, 0.717) is 25.3 Å². The number of rotatable bonds is 3. The molecule has 1 heterocycles. The van der Waals surface area contributed by atoms with Crippen molar-refractivity contribution in [2.24, 2.45) is 0 Å². The molecule has 0 aromatic carbocycles. The third-order valence-corrected chi connectivity index (χ3v) is 3.23. The minimum Gasteiger partial charge on any atom is -0.465 e. The van der Waals surface area contributed by atoms with Gasteiger partial charge in [-0.2, -0.15) is 0 Å². The highest BCUT2D eigenvalue weighted by atomic mass is 16.5. The fourth-order valence-electron chi connectivity index (χ4n) is 2.57. The first-order chi connectivity index (χ1) is 7.31. The fraction of sp³-hybridized carbons (Fsp3) is 0.909. The Morgan fingerprint density at radius 3 is 3.20 bits per heavy atom. The minimum absolute atomic E-state index is 0.106. The maximum absolute atomic E-state index is 11.4. The van der Waals surface area contributed by atoms with E-state index in [9.17, 15) is 4.79 Å². The van der Waals surface area contributed by atoms with E-state index in [0.717, 1.165) is 26.0 Å². The van der Waals surface area contributed by atoms with Crippen LogP contribution in [-0.2, 0) is 14.3 Å². The maximum Gasteiger partial charge on any atom is 0.320 e. The Morgan fingerprint density at radius 2 is 2.40 bits per heavy atom. The lowest BCUT2D eigenvalue weighted by molar-refractivity contribution is -0.148. The van der Waals surface area contributed by atoms with Crippen molar-refractivity contribution in [1.29, 1.82) is 0 Å². The highest BCUT2D eigenvalue weighted by molar-refractivity contribution is 5.71. The molecule has 0 radical (unpaired) electrons. The fourth-order valence-corrected chi connectivity index (χ4v) is 2.57. The van der Waals surface area contributed by atoms with Gasteiger partial charge in [0, 0.05) is 12.6 Å². The smallest absolute Gasteiger partial charge is 0.320 e. The van der Waals surface area contributed by atoms with Crippen molar-refractivity contribution in [3.63, 3.8) is 0 Å². The van der Waals surface area contributed by atoms with Gasteiger partial charge in [0.2, 0.25) is 0 Å². The molecule has 2 atom stereocenters. The largest absolute Gasteiger partial charge is 0.465 e. The predicted molar refractivity (Wildman–Crippen MR) is 55.6 cm³/mol. The number of nitrogens with zero attached hydrogens (tertiary/aromatic N) is 1. The summed E-state index contributed by atoms with van der Waals surface area (Å²) >= 11 is 0. The van der Waals surface area contributed by atoms with Crippen LogP contribution in [0.25, 0.3) is 0 Å². The number of carbonyl (C=O) groups excluding carboxylic acids is 1. The average Bonchev–Trinajstić information content (AvgIpc) is 2.67. The molecule has 2 aliphatic rings. The molecule has 0 N–H and O–H groups in total. The van der Waals surface area contributed by atoms with Crippen molar-refractivity contribution in [1.82, 2.24) is 4.90 Å². The second kappa shape index (κ2) is 4.94. The predicted octanol–water partition coefficient (Wildman–Crippen LogP) is 0.803. The van der Waals surface area contributed by atoms with Gasteiger partial charge >= 0.3 is 5.97 Å². The summed E-state index contributed by atoms with van der Waals surface area (Å²) in [7, 11) is 0. The Balaban J connectivity index is 1.87. The molecule has 86 valence electrons. The van der Waals surface area contributed by atoms with Crippen molar-refractivity contribution < 1.29 is 14.3 Å². The zero-order chi connectivity index (χ0) is 10.7. The van der Waals surface area contributed by atoms with Crippen LogP contribution in [0.1, 0.15) is 26.2 Å². The van der Waals surface area contributed by atoms with E-state index in [-0.39, 0.29) is 5.97 Å². The first-order valence-electron chi connectivity index (χ1n) is 5.82. The van der Waals surface area contributed by atoms with Gasteiger partial charge in [-0.05, 0) is 26.2 Å². The van der Waals surface area contributed by atoms with Crippen molar-refractivity contribution in [2.45, 2.75) is 38.3 Å². The number of carbonyl (C=O) groups is 1. The Kier molecular flexibility index (Phi) is 3.59.